The van der Waals surface area contributed by atoms with E-state index in [1.54, 1.807) is 0 Å². The van der Waals surface area contributed by atoms with Crippen LogP contribution in [0, 0.1) is 0 Å². The Morgan fingerprint density at radius 3 is 1.90 bits per heavy atom. The molecule has 2 N–H and O–H groups in total. The molecule has 0 unspecified atom stereocenters. The molecule has 0 saturated heterocycles. The molecule has 1 rings (SSSR count). The van der Waals surface area contributed by atoms with E-state index in [1.807, 2.05) is 0 Å². The van der Waals surface area contributed by atoms with Crippen LogP contribution in [0.5, 0.6) is 0 Å². The van der Waals surface area contributed by atoms with Crippen molar-refractivity contribution >= 4 is 0 Å². The number of hydrogen-bond acceptors (Lipinski definition) is 3. The van der Waals surface area contributed by atoms with Crippen molar-refractivity contribution in [2.24, 2.45) is 0 Å². The van der Waals surface area contributed by atoms with Crippen LogP contribution in [0.4, 0.5) is 0 Å². The zero-order chi connectivity index (χ0) is 7.82. The van der Waals surface area contributed by atoms with Crippen LogP contribution in [-0.4, -0.2) is 30.2 Å². The molecule has 0 heterocycles. The van der Waals surface area contributed by atoms with Gasteiger partial charge in [-0.25, -0.2) is 0 Å². The van der Waals surface area contributed by atoms with Gasteiger partial charge in [0.15, 0.2) is 0 Å². The first-order valence-electron chi connectivity index (χ1n) is 3.59. The molecule has 0 spiro atoms. The van der Waals surface area contributed by atoms with Crippen LogP contribution in [0.25, 0.3) is 0 Å². The Morgan fingerprint density at radius 2 is 1.80 bits per heavy atom. The van der Waals surface area contributed by atoms with Crippen molar-refractivity contribution < 1.29 is 14.9 Å². The average molecular weight is 148 g/mol. The summed E-state index contributed by atoms with van der Waals surface area (Å²) in [6.45, 7) is -0.181. The van der Waals surface area contributed by atoms with Crippen molar-refractivity contribution in [3.8, 4) is 0 Å². The van der Waals surface area contributed by atoms with E-state index in [0.717, 1.165) is 12.8 Å². The lowest BCUT2D eigenvalue weighted by Gasteiger charge is -1.91. The second kappa shape index (κ2) is 6.99. The lowest BCUT2D eigenvalue weighted by atomic mass is 10.3. The van der Waals surface area contributed by atoms with Crippen LogP contribution in [0.2, 0.25) is 0 Å². The molecule has 1 aliphatic carbocycles. The normalized spacial score (nSPS) is 18.3. The van der Waals surface area contributed by atoms with Crippen LogP contribution in [-0.2, 0) is 4.74 Å². The monoisotopic (exact) mass is 148 g/mol. The summed E-state index contributed by atoms with van der Waals surface area (Å²) >= 11 is 0. The molecule has 3 heteroatoms. The summed E-state index contributed by atoms with van der Waals surface area (Å²) in [5, 5.41) is 16.4. The van der Waals surface area contributed by atoms with E-state index in [9.17, 15) is 0 Å². The van der Waals surface area contributed by atoms with Gasteiger partial charge in [0.25, 0.3) is 0 Å². The van der Waals surface area contributed by atoms with E-state index in [0.29, 0.717) is 0 Å². The second-order valence-electron chi connectivity index (χ2n) is 2.36. The predicted octanol–water partition coefficient (Wildman–Crippen LogP) is 0.504. The molecule has 3 nitrogen and oxygen atoms in total. The van der Waals surface area contributed by atoms with Crippen molar-refractivity contribution in [3.63, 3.8) is 0 Å². The van der Waals surface area contributed by atoms with Gasteiger partial charge in [0, 0.05) is 7.11 Å². The molecule has 0 amide bonds. The Bertz CT molecular complexity index is 57.9. The third-order valence-corrected chi connectivity index (χ3v) is 1.45. The van der Waals surface area contributed by atoms with Gasteiger partial charge in [-0.1, -0.05) is 12.8 Å². The third kappa shape index (κ3) is 6.01. The van der Waals surface area contributed by atoms with Gasteiger partial charge < -0.3 is 14.9 Å². The minimum atomic E-state index is -0.181. The van der Waals surface area contributed by atoms with Gasteiger partial charge in [-0.05, 0) is 12.8 Å². The summed E-state index contributed by atoms with van der Waals surface area (Å²) in [4.78, 5) is 0. The van der Waals surface area contributed by atoms with Crippen molar-refractivity contribution in [1.82, 2.24) is 0 Å². The van der Waals surface area contributed by atoms with E-state index < -0.39 is 0 Å². The molecule has 0 aromatic heterocycles. The number of aliphatic hydroxyl groups is 2. The first-order chi connectivity index (χ1) is 4.81. The van der Waals surface area contributed by atoms with Gasteiger partial charge in [-0.2, -0.15) is 0 Å². The van der Waals surface area contributed by atoms with Crippen molar-refractivity contribution in [1.29, 1.82) is 0 Å². The second-order valence-corrected chi connectivity index (χ2v) is 2.36. The highest BCUT2D eigenvalue weighted by Crippen LogP contribution is 2.16. The standard InChI is InChI=1S/C5H10O.C2H6O2/c6-5-3-1-2-4-5;1-4-2-3/h5-6H,1-4H2;3H,2H2,1H3. The largest absolute Gasteiger partial charge is 0.393 e. The Hall–Kier alpha value is -0.120. The van der Waals surface area contributed by atoms with Crippen LogP contribution >= 0.6 is 0 Å². The van der Waals surface area contributed by atoms with Crippen LogP contribution in [0.1, 0.15) is 25.7 Å². The summed E-state index contributed by atoms with van der Waals surface area (Å²) in [7, 11) is 1.43. The zero-order valence-corrected chi connectivity index (χ0v) is 6.42. The molecule has 0 aliphatic heterocycles. The van der Waals surface area contributed by atoms with Gasteiger partial charge in [-0.15, -0.1) is 0 Å². The number of hydrogen-bond donors (Lipinski definition) is 2. The van der Waals surface area contributed by atoms with E-state index in [1.165, 1.54) is 20.0 Å². The maximum Gasteiger partial charge on any atom is 0.143 e. The Balaban J connectivity index is 0.000000180. The number of methoxy groups -OCH3 is 1. The van der Waals surface area contributed by atoms with Gasteiger partial charge in [0.05, 0.1) is 6.10 Å². The van der Waals surface area contributed by atoms with Crippen LogP contribution in [0.3, 0.4) is 0 Å². The average Bonchev–Trinajstić information content (AvgIpc) is 2.40. The van der Waals surface area contributed by atoms with E-state index in [2.05, 4.69) is 4.74 Å². The van der Waals surface area contributed by atoms with Crippen LogP contribution < -0.4 is 0 Å². The topological polar surface area (TPSA) is 49.7 Å². The highest BCUT2D eigenvalue weighted by Gasteiger charge is 2.09. The minimum absolute atomic E-state index is 0.0463. The van der Waals surface area contributed by atoms with Crippen LogP contribution in [0.15, 0.2) is 0 Å². The molecular weight excluding hydrogens is 132 g/mol. The molecule has 0 atom stereocenters. The molecule has 1 saturated carbocycles. The first-order valence-corrected chi connectivity index (χ1v) is 3.59. The fourth-order valence-electron chi connectivity index (χ4n) is 0.904. The molecule has 0 radical (unpaired) electrons. The van der Waals surface area contributed by atoms with Crippen molar-refractivity contribution in [2.45, 2.75) is 31.8 Å². The van der Waals surface area contributed by atoms with Gasteiger partial charge >= 0.3 is 0 Å². The summed E-state index contributed by atoms with van der Waals surface area (Å²) in [5.41, 5.74) is 0. The third-order valence-electron chi connectivity index (χ3n) is 1.45. The summed E-state index contributed by atoms with van der Waals surface area (Å²) < 4.78 is 4.10. The Morgan fingerprint density at radius 1 is 1.40 bits per heavy atom. The maximum atomic E-state index is 8.73. The SMILES string of the molecule is COCO.OC1CCCC1. The van der Waals surface area contributed by atoms with E-state index in [-0.39, 0.29) is 12.9 Å². The van der Waals surface area contributed by atoms with Crippen molar-refractivity contribution in [3.05, 3.63) is 0 Å². The molecule has 1 aliphatic rings. The molecule has 62 valence electrons. The zero-order valence-electron chi connectivity index (χ0n) is 6.42. The molecule has 0 aromatic rings. The van der Waals surface area contributed by atoms with E-state index >= 15 is 0 Å². The fourth-order valence-corrected chi connectivity index (χ4v) is 0.904. The van der Waals surface area contributed by atoms with Gasteiger partial charge in [0.2, 0.25) is 0 Å². The molecule has 1 fully saturated rings. The molecule has 0 bridgehead atoms. The molecule has 10 heavy (non-hydrogen) atoms. The lowest BCUT2D eigenvalue weighted by Crippen LogP contribution is -1.94. The smallest absolute Gasteiger partial charge is 0.143 e. The number of ether oxygens (including phenoxy) is 1. The van der Waals surface area contributed by atoms with E-state index in [4.69, 9.17) is 10.2 Å². The quantitative estimate of drug-likeness (QED) is 0.532. The van der Waals surface area contributed by atoms with Crippen molar-refractivity contribution in [2.75, 3.05) is 13.9 Å². The number of rotatable bonds is 1. The lowest BCUT2D eigenvalue weighted by molar-refractivity contribution is 0.0325. The predicted molar refractivity (Wildman–Crippen MR) is 38.6 cm³/mol. The first kappa shape index (κ1) is 9.88. The molecular formula is C7H16O3. The fraction of sp³-hybridized carbons (Fsp3) is 1.00. The Kier molecular flexibility index (Phi) is 6.91. The highest BCUT2D eigenvalue weighted by molar-refractivity contribution is 4.63. The summed E-state index contributed by atoms with van der Waals surface area (Å²) in [5.74, 6) is 0. The maximum absolute atomic E-state index is 8.73. The summed E-state index contributed by atoms with van der Waals surface area (Å²) in [6.07, 6.45) is 4.60. The Labute approximate surface area is 61.6 Å². The minimum Gasteiger partial charge on any atom is -0.393 e. The van der Waals surface area contributed by atoms with Gasteiger partial charge in [-0.3, -0.25) is 0 Å². The number of aliphatic hydroxyl groups excluding tert-OH is 2. The summed E-state index contributed by atoms with van der Waals surface area (Å²) in [6, 6.07) is 0. The van der Waals surface area contributed by atoms with Gasteiger partial charge in [0.1, 0.15) is 6.79 Å². The highest BCUT2D eigenvalue weighted by atomic mass is 16.6. The molecule has 0 aromatic carbocycles.